The summed E-state index contributed by atoms with van der Waals surface area (Å²) < 4.78 is 13.0. The summed E-state index contributed by atoms with van der Waals surface area (Å²) in [6, 6.07) is 15.2. The van der Waals surface area contributed by atoms with Crippen molar-refractivity contribution >= 4 is 17.5 Å². The molecule has 1 N–H and O–H groups in total. The molecule has 0 saturated heterocycles. The number of amides is 2. The first-order chi connectivity index (χ1) is 16.5. The van der Waals surface area contributed by atoms with Crippen LogP contribution in [-0.2, 0) is 16.0 Å². The van der Waals surface area contributed by atoms with Gasteiger partial charge in [-0.25, -0.2) is 4.68 Å². The van der Waals surface area contributed by atoms with Gasteiger partial charge in [0.1, 0.15) is 13.2 Å². The van der Waals surface area contributed by atoms with Crippen molar-refractivity contribution in [1.29, 1.82) is 0 Å². The minimum Gasteiger partial charge on any atom is -0.486 e. The molecule has 0 bridgehead atoms. The van der Waals surface area contributed by atoms with Crippen LogP contribution >= 0.6 is 0 Å². The third-order valence-electron chi connectivity index (χ3n) is 5.93. The van der Waals surface area contributed by atoms with E-state index in [-0.39, 0.29) is 18.4 Å². The molecule has 0 unspecified atom stereocenters. The summed E-state index contributed by atoms with van der Waals surface area (Å²) in [5, 5.41) is 7.50. The number of fused-ring (bicyclic) bond motifs is 1. The van der Waals surface area contributed by atoms with Crippen molar-refractivity contribution in [2.24, 2.45) is 0 Å². The smallest absolute Gasteiger partial charge is 0.243 e. The first kappa shape index (κ1) is 23.4. The molecule has 0 radical (unpaired) electrons. The topological polar surface area (TPSA) is 85.7 Å². The molecule has 2 heterocycles. The van der Waals surface area contributed by atoms with Gasteiger partial charge in [-0.15, -0.1) is 0 Å². The van der Waals surface area contributed by atoms with E-state index in [4.69, 9.17) is 9.47 Å². The predicted molar refractivity (Wildman–Crippen MR) is 130 cm³/mol. The highest BCUT2D eigenvalue weighted by molar-refractivity contribution is 5.94. The Morgan fingerprint density at radius 2 is 1.79 bits per heavy atom. The van der Waals surface area contributed by atoms with Crippen LogP contribution < -0.4 is 14.8 Å². The molecule has 4 rings (SSSR count). The molecule has 1 aliphatic rings. The highest BCUT2D eigenvalue weighted by atomic mass is 16.6. The summed E-state index contributed by atoms with van der Waals surface area (Å²) in [6.45, 7) is 7.29. The summed E-state index contributed by atoms with van der Waals surface area (Å²) in [5.74, 6) is 0.951. The molecular formula is C26H30N4O4. The third kappa shape index (κ3) is 5.22. The highest BCUT2D eigenvalue weighted by Crippen LogP contribution is 2.32. The number of nitrogens with zero attached hydrogens (tertiary/aromatic N) is 3. The van der Waals surface area contributed by atoms with Gasteiger partial charge < -0.3 is 19.7 Å². The summed E-state index contributed by atoms with van der Waals surface area (Å²) in [6.07, 6.45) is 0.886. The lowest BCUT2D eigenvalue weighted by atomic mass is 10.1. The summed E-state index contributed by atoms with van der Waals surface area (Å²) in [5.41, 5.74) is 4.60. The van der Waals surface area contributed by atoms with Gasteiger partial charge in [-0.2, -0.15) is 5.10 Å². The number of aryl methyl sites for hydroxylation is 1. The van der Waals surface area contributed by atoms with Crippen molar-refractivity contribution in [2.45, 2.75) is 33.6 Å². The fraction of sp³-hybridized carbons (Fsp3) is 0.346. The zero-order valence-electron chi connectivity index (χ0n) is 19.8. The summed E-state index contributed by atoms with van der Waals surface area (Å²) in [7, 11) is 0. The molecule has 0 aliphatic carbocycles. The minimum atomic E-state index is -0.254. The van der Waals surface area contributed by atoms with E-state index in [2.05, 4.69) is 10.4 Å². The number of benzene rings is 2. The zero-order valence-corrected chi connectivity index (χ0v) is 19.8. The molecule has 1 aromatic heterocycles. The molecule has 0 atom stereocenters. The number of nitrogens with one attached hydrogen (secondary N) is 1. The van der Waals surface area contributed by atoms with Gasteiger partial charge in [0.2, 0.25) is 11.8 Å². The van der Waals surface area contributed by atoms with E-state index in [1.165, 1.54) is 0 Å². The van der Waals surface area contributed by atoms with Crippen LogP contribution in [0.15, 0.2) is 48.5 Å². The van der Waals surface area contributed by atoms with Gasteiger partial charge in [0.05, 0.1) is 17.9 Å². The van der Waals surface area contributed by atoms with E-state index in [1.807, 2.05) is 55.8 Å². The minimum absolute atomic E-state index is 0.00891. The Kier molecular flexibility index (Phi) is 7.15. The normalized spacial score (nSPS) is 12.3. The lowest BCUT2D eigenvalue weighted by molar-refractivity contribution is -0.134. The second-order valence-corrected chi connectivity index (χ2v) is 8.21. The molecule has 178 valence electrons. The Labute approximate surface area is 199 Å². The maximum absolute atomic E-state index is 12.9. The zero-order chi connectivity index (χ0) is 24.1. The molecule has 2 aromatic carbocycles. The lowest BCUT2D eigenvalue weighted by Crippen LogP contribution is -2.38. The van der Waals surface area contributed by atoms with Crippen LogP contribution in [-0.4, -0.2) is 52.8 Å². The standard InChI is InChI=1S/C26H30N4O4/c1-4-29(17-25(31)27-20-10-12-23-24(16-20)34-15-14-33-23)26(32)13-11-22-18(2)28-30(19(22)3)21-8-6-5-7-9-21/h5-10,12,16H,4,11,13-15,17H2,1-3H3,(H,27,31). The van der Waals surface area contributed by atoms with Crippen LogP contribution in [0, 0.1) is 13.8 Å². The SMILES string of the molecule is CCN(CC(=O)Nc1ccc2c(c1)OCCO2)C(=O)CCc1c(C)nn(-c2ccccc2)c1C. The number of carbonyl (C=O) groups is 2. The van der Waals surface area contributed by atoms with E-state index < -0.39 is 0 Å². The van der Waals surface area contributed by atoms with E-state index in [0.29, 0.717) is 49.8 Å². The predicted octanol–water partition coefficient (Wildman–Crippen LogP) is 3.68. The van der Waals surface area contributed by atoms with Gasteiger partial charge >= 0.3 is 0 Å². The number of carbonyl (C=O) groups excluding carboxylic acids is 2. The molecule has 0 saturated carbocycles. The van der Waals surface area contributed by atoms with E-state index in [0.717, 1.165) is 22.6 Å². The van der Waals surface area contributed by atoms with Gasteiger partial charge in [0, 0.05) is 30.4 Å². The second-order valence-electron chi connectivity index (χ2n) is 8.21. The van der Waals surface area contributed by atoms with Crippen LogP contribution in [0.3, 0.4) is 0 Å². The van der Waals surface area contributed by atoms with E-state index >= 15 is 0 Å². The molecule has 1 aliphatic heterocycles. The monoisotopic (exact) mass is 462 g/mol. The molecular weight excluding hydrogens is 432 g/mol. The largest absolute Gasteiger partial charge is 0.486 e. The Hall–Kier alpha value is -3.81. The molecule has 0 spiro atoms. The second kappa shape index (κ2) is 10.4. The Morgan fingerprint density at radius 3 is 2.53 bits per heavy atom. The Morgan fingerprint density at radius 1 is 1.06 bits per heavy atom. The van der Waals surface area contributed by atoms with Crippen LogP contribution in [0.2, 0.25) is 0 Å². The van der Waals surface area contributed by atoms with Gasteiger partial charge in [-0.1, -0.05) is 18.2 Å². The first-order valence-electron chi connectivity index (χ1n) is 11.5. The number of hydrogen-bond donors (Lipinski definition) is 1. The average molecular weight is 463 g/mol. The van der Waals surface area contributed by atoms with Crippen LogP contribution in [0.1, 0.15) is 30.3 Å². The number of hydrogen-bond acceptors (Lipinski definition) is 5. The lowest BCUT2D eigenvalue weighted by Gasteiger charge is -2.21. The average Bonchev–Trinajstić information content (AvgIpc) is 3.14. The maximum Gasteiger partial charge on any atom is 0.243 e. The molecule has 34 heavy (non-hydrogen) atoms. The fourth-order valence-electron chi connectivity index (χ4n) is 4.12. The van der Waals surface area contributed by atoms with Crippen molar-refractivity contribution < 1.29 is 19.1 Å². The van der Waals surface area contributed by atoms with E-state index in [1.54, 1.807) is 23.1 Å². The number of para-hydroxylation sites is 1. The maximum atomic E-state index is 12.9. The van der Waals surface area contributed by atoms with Gasteiger partial charge in [0.25, 0.3) is 0 Å². The molecule has 3 aromatic rings. The number of aromatic nitrogens is 2. The number of likely N-dealkylation sites (N-methyl/N-ethyl adjacent to an activating group) is 1. The molecule has 8 heteroatoms. The quantitative estimate of drug-likeness (QED) is 0.552. The van der Waals surface area contributed by atoms with Crippen molar-refractivity contribution in [1.82, 2.24) is 14.7 Å². The van der Waals surface area contributed by atoms with Crippen LogP contribution in [0.4, 0.5) is 5.69 Å². The summed E-state index contributed by atoms with van der Waals surface area (Å²) in [4.78, 5) is 27.1. The number of anilines is 1. The van der Waals surface area contributed by atoms with Crippen molar-refractivity contribution in [3.8, 4) is 17.2 Å². The van der Waals surface area contributed by atoms with Gasteiger partial charge in [-0.3, -0.25) is 9.59 Å². The Balaban J connectivity index is 1.35. The van der Waals surface area contributed by atoms with Crippen LogP contribution in [0.5, 0.6) is 11.5 Å². The summed E-state index contributed by atoms with van der Waals surface area (Å²) >= 11 is 0. The molecule has 0 fully saturated rings. The number of ether oxygens (including phenoxy) is 2. The highest BCUT2D eigenvalue weighted by Gasteiger charge is 2.19. The van der Waals surface area contributed by atoms with Crippen molar-refractivity contribution in [2.75, 3.05) is 31.6 Å². The molecule has 2 amide bonds. The van der Waals surface area contributed by atoms with Crippen LogP contribution in [0.25, 0.3) is 5.69 Å². The van der Waals surface area contributed by atoms with Gasteiger partial charge in [0.15, 0.2) is 11.5 Å². The fourth-order valence-corrected chi connectivity index (χ4v) is 4.12. The van der Waals surface area contributed by atoms with E-state index in [9.17, 15) is 9.59 Å². The third-order valence-corrected chi connectivity index (χ3v) is 5.93. The molecule has 8 nitrogen and oxygen atoms in total. The number of rotatable bonds is 8. The van der Waals surface area contributed by atoms with Crippen molar-refractivity contribution in [3.05, 3.63) is 65.5 Å². The first-order valence-corrected chi connectivity index (χ1v) is 11.5. The van der Waals surface area contributed by atoms with Crippen molar-refractivity contribution in [3.63, 3.8) is 0 Å². The van der Waals surface area contributed by atoms with Gasteiger partial charge in [-0.05, 0) is 57.0 Å². The Bertz CT molecular complexity index is 1170.